The smallest absolute Gasteiger partial charge is 0.248 e. The number of carbonyl (C=O) groups excluding carboxylic acids is 2. The lowest BCUT2D eigenvalue weighted by Crippen LogP contribution is -2.72. The van der Waals surface area contributed by atoms with Gasteiger partial charge in [0.25, 0.3) is 0 Å². The van der Waals surface area contributed by atoms with Gasteiger partial charge in [0.1, 0.15) is 20.9 Å². The summed E-state index contributed by atoms with van der Waals surface area (Å²) in [5, 5.41) is 2.70. The van der Waals surface area contributed by atoms with E-state index in [1.54, 1.807) is 34.6 Å². The van der Waals surface area contributed by atoms with Gasteiger partial charge in [-0.2, -0.15) is 0 Å². The summed E-state index contributed by atoms with van der Waals surface area (Å²) in [4.78, 5) is 26.0. The zero-order valence-corrected chi connectivity index (χ0v) is 13.6. The van der Waals surface area contributed by atoms with Crippen LogP contribution in [0.4, 0.5) is 0 Å². The molecule has 0 radical (unpaired) electrons. The number of amides is 2. The van der Waals surface area contributed by atoms with Crippen LogP contribution in [0, 0.1) is 0 Å². The van der Waals surface area contributed by atoms with Gasteiger partial charge >= 0.3 is 0 Å². The highest BCUT2D eigenvalue weighted by atomic mass is 32.2. The second-order valence-electron chi connectivity index (χ2n) is 6.18. The normalized spacial score (nSPS) is 21.8. The zero-order valence-electron chi connectivity index (χ0n) is 12.8. The van der Waals surface area contributed by atoms with E-state index in [-0.39, 0.29) is 29.9 Å². The SMILES string of the molecule is CCS(=O)(=O)CCCN1C(=O)C(C)(C)NC(=O)C1(C)C. The van der Waals surface area contributed by atoms with Crippen molar-refractivity contribution in [1.82, 2.24) is 10.2 Å². The summed E-state index contributed by atoms with van der Waals surface area (Å²) in [5.74, 6) is -0.279. The van der Waals surface area contributed by atoms with Gasteiger partial charge in [-0.3, -0.25) is 9.59 Å². The number of carbonyl (C=O) groups is 2. The van der Waals surface area contributed by atoms with E-state index in [1.807, 2.05) is 0 Å². The summed E-state index contributed by atoms with van der Waals surface area (Å²) in [5.41, 5.74) is -1.90. The van der Waals surface area contributed by atoms with Gasteiger partial charge in [0.2, 0.25) is 11.8 Å². The van der Waals surface area contributed by atoms with Gasteiger partial charge in [-0.25, -0.2) is 8.42 Å². The van der Waals surface area contributed by atoms with Gasteiger partial charge in [-0.15, -0.1) is 0 Å². The van der Waals surface area contributed by atoms with Crippen LogP contribution in [0.1, 0.15) is 41.0 Å². The predicted octanol–water partition coefficient (Wildman–Crippen LogP) is 0.327. The molecule has 0 aromatic carbocycles. The molecule has 20 heavy (non-hydrogen) atoms. The first-order valence-corrected chi connectivity index (χ1v) is 8.61. The first-order valence-electron chi connectivity index (χ1n) is 6.79. The fourth-order valence-electron chi connectivity index (χ4n) is 2.17. The molecule has 0 unspecified atom stereocenters. The van der Waals surface area contributed by atoms with E-state index in [2.05, 4.69) is 5.32 Å². The molecule has 0 saturated carbocycles. The monoisotopic (exact) mass is 304 g/mol. The number of piperazine rings is 1. The summed E-state index contributed by atoms with van der Waals surface area (Å²) in [6.45, 7) is 8.51. The van der Waals surface area contributed by atoms with Crippen LogP contribution in [0.5, 0.6) is 0 Å². The number of rotatable bonds is 5. The van der Waals surface area contributed by atoms with E-state index >= 15 is 0 Å². The van der Waals surface area contributed by atoms with Crippen LogP contribution in [0.25, 0.3) is 0 Å². The molecule has 1 aliphatic rings. The Morgan fingerprint density at radius 1 is 1.15 bits per heavy atom. The van der Waals surface area contributed by atoms with Crippen molar-refractivity contribution >= 4 is 21.7 Å². The number of hydrogen-bond acceptors (Lipinski definition) is 4. The maximum Gasteiger partial charge on any atom is 0.248 e. The van der Waals surface area contributed by atoms with Crippen molar-refractivity contribution in [3.8, 4) is 0 Å². The third kappa shape index (κ3) is 3.31. The summed E-state index contributed by atoms with van der Waals surface area (Å²) < 4.78 is 23.0. The Bertz CT molecular complexity index is 508. The van der Waals surface area contributed by atoms with E-state index in [9.17, 15) is 18.0 Å². The molecule has 7 heteroatoms. The van der Waals surface area contributed by atoms with Gasteiger partial charge in [0.05, 0.1) is 5.75 Å². The van der Waals surface area contributed by atoms with E-state index in [1.165, 1.54) is 4.90 Å². The molecular weight excluding hydrogens is 280 g/mol. The first-order chi connectivity index (χ1) is 8.94. The lowest BCUT2D eigenvalue weighted by Gasteiger charge is -2.47. The molecular formula is C13H24N2O4S. The number of nitrogens with one attached hydrogen (secondary N) is 1. The molecule has 0 spiro atoms. The number of nitrogens with zero attached hydrogens (tertiary/aromatic N) is 1. The minimum Gasteiger partial charge on any atom is -0.340 e. The first kappa shape index (κ1) is 16.9. The molecule has 0 aromatic rings. The zero-order chi connectivity index (χ0) is 15.8. The Morgan fingerprint density at radius 2 is 1.70 bits per heavy atom. The molecule has 0 bridgehead atoms. The standard InChI is InChI=1S/C13H24N2O4S/c1-6-20(18,19)9-7-8-15-11(17)12(2,3)14-10(16)13(15,4)5/h6-9H2,1-5H3,(H,14,16). The van der Waals surface area contributed by atoms with Crippen LogP contribution < -0.4 is 5.32 Å². The molecule has 1 rings (SSSR count). The van der Waals surface area contributed by atoms with E-state index in [0.717, 1.165) is 0 Å². The minimum absolute atomic E-state index is 0.0331. The van der Waals surface area contributed by atoms with Crippen molar-refractivity contribution in [2.75, 3.05) is 18.1 Å². The molecule has 0 aliphatic carbocycles. The third-order valence-corrected chi connectivity index (χ3v) is 5.50. The Morgan fingerprint density at radius 3 is 2.20 bits per heavy atom. The highest BCUT2D eigenvalue weighted by Gasteiger charge is 2.49. The van der Waals surface area contributed by atoms with Crippen molar-refractivity contribution in [3.63, 3.8) is 0 Å². The van der Waals surface area contributed by atoms with E-state index in [0.29, 0.717) is 6.42 Å². The highest BCUT2D eigenvalue weighted by Crippen LogP contribution is 2.26. The van der Waals surface area contributed by atoms with Crippen LogP contribution >= 0.6 is 0 Å². The van der Waals surface area contributed by atoms with E-state index in [4.69, 9.17) is 0 Å². The van der Waals surface area contributed by atoms with Gasteiger partial charge in [0.15, 0.2) is 0 Å². The van der Waals surface area contributed by atoms with Crippen LogP contribution in [-0.2, 0) is 19.4 Å². The van der Waals surface area contributed by atoms with Crippen molar-refractivity contribution in [2.45, 2.75) is 52.1 Å². The summed E-state index contributed by atoms with van der Waals surface area (Å²) in [7, 11) is -3.06. The van der Waals surface area contributed by atoms with Crippen molar-refractivity contribution < 1.29 is 18.0 Å². The van der Waals surface area contributed by atoms with Gasteiger partial charge < -0.3 is 10.2 Å². The molecule has 0 atom stereocenters. The predicted molar refractivity (Wildman–Crippen MR) is 77.0 cm³/mol. The second-order valence-corrected chi connectivity index (χ2v) is 8.66. The summed E-state index contributed by atoms with van der Waals surface area (Å²) >= 11 is 0. The second kappa shape index (κ2) is 5.35. The fraction of sp³-hybridized carbons (Fsp3) is 0.846. The van der Waals surface area contributed by atoms with Crippen molar-refractivity contribution in [3.05, 3.63) is 0 Å². The molecule has 1 saturated heterocycles. The topological polar surface area (TPSA) is 83.6 Å². The fourth-order valence-corrected chi connectivity index (χ4v) is 3.03. The highest BCUT2D eigenvalue weighted by molar-refractivity contribution is 7.91. The van der Waals surface area contributed by atoms with E-state index < -0.39 is 20.9 Å². The molecule has 1 heterocycles. The van der Waals surface area contributed by atoms with Crippen LogP contribution in [0.15, 0.2) is 0 Å². The molecule has 0 aromatic heterocycles. The molecule has 1 fully saturated rings. The average Bonchev–Trinajstić information content (AvgIpc) is 2.31. The van der Waals surface area contributed by atoms with Gasteiger partial charge in [0, 0.05) is 12.3 Å². The van der Waals surface area contributed by atoms with Crippen LogP contribution in [-0.4, -0.2) is 54.3 Å². The number of sulfone groups is 1. The average molecular weight is 304 g/mol. The van der Waals surface area contributed by atoms with Crippen LogP contribution in [0.3, 0.4) is 0 Å². The van der Waals surface area contributed by atoms with Crippen molar-refractivity contribution in [1.29, 1.82) is 0 Å². The Hall–Kier alpha value is -1.11. The Balaban J connectivity index is 2.84. The molecule has 1 N–H and O–H groups in total. The maximum absolute atomic E-state index is 12.4. The largest absolute Gasteiger partial charge is 0.340 e. The number of hydrogen-bond donors (Lipinski definition) is 1. The maximum atomic E-state index is 12.4. The lowest BCUT2D eigenvalue weighted by atomic mass is 9.89. The third-order valence-electron chi connectivity index (χ3n) is 3.71. The molecule has 2 amide bonds. The Kier molecular flexibility index (Phi) is 4.53. The van der Waals surface area contributed by atoms with Crippen LogP contribution in [0.2, 0.25) is 0 Å². The summed E-state index contributed by atoms with van der Waals surface area (Å²) in [6.07, 6.45) is 0.342. The minimum atomic E-state index is -3.06. The van der Waals surface area contributed by atoms with Crippen molar-refractivity contribution in [2.24, 2.45) is 0 Å². The van der Waals surface area contributed by atoms with Gasteiger partial charge in [-0.05, 0) is 34.1 Å². The molecule has 1 aliphatic heterocycles. The molecule has 6 nitrogen and oxygen atoms in total. The quantitative estimate of drug-likeness (QED) is 0.793. The van der Waals surface area contributed by atoms with Gasteiger partial charge in [-0.1, -0.05) is 6.92 Å². The molecule has 116 valence electrons. The lowest BCUT2D eigenvalue weighted by molar-refractivity contribution is -0.159. The Labute approximate surface area is 120 Å². The summed E-state index contributed by atoms with van der Waals surface area (Å²) in [6, 6.07) is 0.